The van der Waals surface area contributed by atoms with Gasteiger partial charge in [0, 0.05) is 29.5 Å². The molecule has 1 aromatic carbocycles. The van der Waals surface area contributed by atoms with E-state index in [0.29, 0.717) is 12.8 Å². The third-order valence-electron chi connectivity index (χ3n) is 8.40. The molecule has 40 heavy (non-hydrogen) atoms. The van der Waals surface area contributed by atoms with Crippen molar-refractivity contribution < 1.29 is 49.4 Å². The highest BCUT2D eigenvalue weighted by Gasteiger charge is 2.50. The summed E-state index contributed by atoms with van der Waals surface area (Å²) in [7, 11) is 1.24. The van der Waals surface area contributed by atoms with E-state index in [0.717, 1.165) is 0 Å². The van der Waals surface area contributed by atoms with Crippen molar-refractivity contribution in [3.05, 3.63) is 45.2 Å². The average molecular weight is 555 g/mol. The molecule has 0 radical (unpaired) electrons. The highest BCUT2D eigenvalue weighted by atomic mass is 16.5. The Labute approximate surface area is 231 Å². The van der Waals surface area contributed by atoms with Gasteiger partial charge in [0.25, 0.3) is 0 Å². The molecule has 4 rings (SSSR count). The number of ketones is 3. The van der Waals surface area contributed by atoms with Crippen LogP contribution in [-0.4, -0.2) is 74.4 Å². The molecule has 0 bridgehead atoms. The van der Waals surface area contributed by atoms with Gasteiger partial charge < -0.3 is 35.0 Å². The molecule has 10 heteroatoms. The van der Waals surface area contributed by atoms with Gasteiger partial charge in [0.1, 0.15) is 23.7 Å². The van der Waals surface area contributed by atoms with E-state index in [1.165, 1.54) is 20.1 Å². The van der Waals surface area contributed by atoms with Crippen molar-refractivity contribution in [1.82, 2.24) is 0 Å². The zero-order valence-corrected chi connectivity index (χ0v) is 22.9. The second kappa shape index (κ2) is 10.8. The van der Waals surface area contributed by atoms with Crippen LogP contribution in [0.5, 0.6) is 11.5 Å². The van der Waals surface area contributed by atoms with Gasteiger partial charge in [-0.1, -0.05) is 19.9 Å². The predicted molar refractivity (Wildman–Crippen MR) is 142 cm³/mol. The van der Waals surface area contributed by atoms with Gasteiger partial charge in [-0.25, -0.2) is 0 Å². The molecule has 3 aliphatic carbocycles. The maximum Gasteiger partial charge on any atom is 0.202 e. The Morgan fingerprint density at radius 3 is 2.25 bits per heavy atom. The number of Topliss-reactive ketones (excluding diaryl/α,β-unsaturated/α-hetero) is 3. The number of allylic oxidation sites excluding steroid dienone is 4. The van der Waals surface area contributed by atoms with E-state index in [-0.39, 0.29) is 46.3 Å². The molecule has 1 saturated carbocycles. The molecular weight excluding hydrogens is 520 g/mol. The Bertz CT molecular complexity index is 1370. The number of aromatic hydroxyl groups is 2. The molecule has 5 N–H and O–H groups in total. The summed E-state index contributed by atoms with van der Waals surface area (Å²) in [4.78, 5) is 40.0. The van der Waals surface area contributed by atoms with E-state index in [2.05, 4.69) is 5.92 Å². The predicted octanol–water partition coefficient (Wildman–Crippen LogP) is 2.05. The number of ether oxygens (including phenoxy) is 2. The summed E-state index contributed by atoms with van der Waals surface area (Å²) in [6.07, 6.45) is 4.61. The molecule has 0 aromatic heterocycles. The minimum absolute atomic E-state index is 0.0396. The number of phenolic OH excluding ortho intramolecular Hbond substituents is 2. The van der Waals surface area contributed by atoms with Crippen LogP contribution < -0.4 is 0 Å². The second-order valence-electron chi connectivity index (χ2n) is 10.9. The SMILES string of the molecule is C#C/C(OC)=C1/C(=O)c2c(O)c3c(c(O)c2C(=O)/C1=C/C)C[C@](O)(C(=O)CO)C[C@H]3O[C@@H]1C[C@@H](C)[C@@H](O)[C@@H](C)C1. The number of terminal acetylenes is 1. The summed E-state index contributed by atoms with van der Waals surface area (Å²) in [5.74, 6) is -2.15. The van der Waals surface area contributed by atoms with Gasteiger partial charge in [0.15, 0.2) is 17.3 Å². The number of benzene rings is 1. The molecule has 0 amide bonds. The third kappa shape index (κ3) is 4.53. The lowest BCUT2D eigenvalue weighted by molar-refractivity contribution is -0.152. The smallest absolute Gasteiger partial charge is 0.202 e. The average Bonchev–Trinajstić information content (AvgIpc) is 2.91. The number of methoxy groups -OCH3 is 1. The summed E-state index contributed by atoms with van der Waals surface area (Å²) in [6, 6.07) is 0. The van der Waals surface area contributed by atoms with Crippen molar-refractivity contribution in [2.45, 2.75) is 70.4 Å². The lowest BCUT2D eigenvalue weighted by Gasteiger charge is -2.42. The Morgan fingerprint density at radius 2 is 1.73 bits per heavy atom. The molecule has 10 nitrogen and oxygen atoms in total. The lowest BCUT2D eigenvalue weighted by Crippen LogP contribution is -2.48. The number of carbonyl (C=O) groups is 3. The van der Waals surface area contributed by atoms with Crippen LogP contribution in [0.1, 0.15) is 78.0 Å². The number of hydrogen-bond donors (Lipinski definition) is 5. The fraction of sp³-hybridized carbons (Fsp3) is 0.500. The van der Waals surface area contributed by atoms with E-state index in [9.17, 15) is 39.9 Å². The highest BCUT2D eigenvalue weighted by molar-refractivity contribution is 6.33. The first-order valence-corrected chi connectivity index (χ1v) is 13.2. The minimum atomic E-state index is -2.18. The molecule has 3 aliphatic rings. The van der Waals surface area contributed by atoms with Crippen LogP contribution in [0.25, 0.3) is 0 Å². The van der Waals surface area contributed by atoms with E-state index < -0.39 is 76.9 Å². The quantitative estimate of drug-likeness (QED) is 0.157. The zero-order valence-electron chi connectivity index (χ0n) is 22.9. The van der Waals surface area contributed by atoms with Crippen LogP contribution in [0, 0.1) is 24.2 Å². The standard InChI is InChI=1S/C30H34O10/c1-6-16-21(18(7-2)39-5)28(36)24-23(26(16)34)27(35)17-10-30(38,20(32)12-31)11-19(22(17)29(24)37)40-15-8-13(3)25(33)14(4)9-15/h2,6,13-15,19,25,31,33,35,37-38H,8-12H2,1,3-5H3/b16-6+,21-18-/t13-,14+,15-,19-,25-,30-/m1/s1. The lowest BCUT2D eigenvalue weighted by atomic mass is 9.71. The number of carbonyl (C=O) groups excluding carboxylic acids is 3. The Hall–Kier alpha value is -3.49. The molecule has 6 atom stereocenters. The maximum absolute atomic E-state index is 13.7. The van der Waals surface area contributed by atoms with Crippen molar-refractivity contribution in [3.8, 4) is 23.8 Å². The van der Waals surface area contributed by atoms with Crippen molar-refractivity contribution in [2.24, 2.45) is 11.8 Å². The molecule has 1 fully saturated rings. The van der Waals surface area contributed by atoms with E-state index in [1.54, 1.807) is 0 Å². The van der Waals surface area contributed by atoms with Crippen LogP contribution in [0.2, 0.25) is 0 Å². The molecule has 1 aromatic rings. The molecule has 0 aliphatic heterocycles. The Kier molecular flexibility index (Phi) is 7.98. The van der Waals surface area contributed by atoms with Crippen molar-refractivity contribution >= 4 is 17.3 Å². The van der Waals surface area contributed by atoms with E-state index >= 15 is 0 Å². The van der Waals surface area contributed by atoms with Gasteiger partial charge in [0.05, 0.1) is 42.1 Å². The number of aliphatic hydroxyl groups excluding tert-OH is 2. The number of rotatable bonds is 5. The summed E-state index contributed by atoms with van der Waals surface area (Å²) in [5.41, 5.74) is -3.73. The normalized spacial score (nSPS) is 32.2. The first kappa shape index (κ1) is 29.5. The number of phenols is 2. The summed E-state index contributed by atoms with van der Waals surface area (Å²) in [5, 5.41) is 54.2. The number of hydrogen-bond acceptors (Lipinski definition) is 10. The molecule has 0 saturated heterocycles. The molecule has 0 heterocycles. The zero-order chi connectivity index (χ0) is 29.7. The van der Waals surface area contributed by atoms with Crippen LogP contribution in [-0.2, 0) is 20.7 Å². The largest absolute Gasteiger partial charge is 0.507 e. The summed E-state index contributed by atoms with van der Waals surface area (Å²) in [6.45, 7) is 4.25. The molecule has 0 spiro atoms. The van der Waals surface area contributed by atoms with Crippen LogP contribution in [0.3, 0.4) is 0 Å². The fourth-order valence-corrected chi connectivity index (χ4v) is 6.35. The second-order valence-corrected chi connectivity index (χ2v) is 10.9. The van der Waals surface area contributed by atoms with Crippen LogP contribution in [0.15, 0.2) is 23.0 Å². The number of fused-ring (bicyclic) bond motifs is 2. The van der Waals surface area contributed by atoms with E-state index in [4.69, 9.17) is 15.9 Å². The Balaban J connectivity index is 1.96. The van der Waals surface area contributed by atoms with Crippen molar-refractivity contribution in [1.29, 1.82) is 0 Å². The maximum atomic E-state index is 13.7. The van der Waals surface area contributed by atoms with Gasteiger partial charge in [-0.15, -0.1) is 6.42 Å². The highest BCUT2D eigenvalue weighted by Crippen LogP contribution is 2.53. The van der Waals surface area contributed by atoms with Crippen LogP contribution in [0.4, 0.5) is 0 Å². The summed E-state index contributed by atoms with van der Waals surface area (Å²) >= 11 is 0. The van der Waals surface area contributed by atoms with Gasteiger partial charge in [-0.05, 0) is 37.5 Å². The molecule has 0 unspecified atom stereocenters. The van der Waals surface area contributed by atoms with Gasteiger partial charge in [-0.3, -0.25) is 14.4 Å². The van der Waals surface area contributed by atoms with Gasteiger partial charge in [0.2, 0.25) is 5.78 Å². The van der Waals surface area contributed by atoms with Gasteiger partial charge in [-0.2, -0.15) is 0 Å². The first-order chi connectivity index (χ1) is 18.8. The van der Waals surface area contributed by atoms with Gasteiger partial charge >= 0.3 is 0 Å². The number of aliphatic hydroxyl groups is 3. The topological polar surface area (TPSA) is 171 Å². The monoisotopic (exact) mass is 554 g/mol. The van der Waals surface area contributed by atoms with E-state index in [1.807, 2.05) is 13.8 Å². The molecular formula is C30H34O10. The third-order valence-corrected chi connectivity index (χ3v) is 8.40. The van der Waals surface area contributed by atoms with Crippen molar-refractivity contribution in [3.63, 3.8) is 0 Å². The molecule has 214 valence electrons. The minimum Gasteiger partial charge on any atom is -0.507 e. The van der Waals surface area contributed by atoms with Crippen LogP contribution >= 0.6 is 0 Å². The fourth-order valence-electron chi connectivity index (χ4n) is 6.35. The first-order valence-electron chi connectivity index (χ1n) is 13.2. The Morgan fingerprint density at radius 1 is 1.12 bits per heavy atom. The van der Waals surface area contributed by atoms with Crippen molar-refractivity contribution in [2.75, 3.05) is 13.7 Å². The summed E-state index contributed by atoms with van der Waals surface area (Å²) < 4.78 is 11.5.